The van der Waals surface area contributed by atoms with Gasteiger partial charge in [-0.1, -0.05) is 12.5 Å². The summed E-state index contributed by atoms with van der Waals surface area (Å²) in [6, 6.07) is 10.4. The molecule has 0 unspecified atom stereocenters. The van der Waals surface area contributed by atoms with Crippen molar-refractivity contribution in [3.63, 3.8) is 0 Å². The van der Waals surface area contributed by atoms with Crippen LogP contribution in [0, 0.1) is 0 Å². The van der Waals surface area contributed by atoms with Crippen LogP contribution < -0.4 is 5.32 Å². The second-order valence-electron chi connectivity index (χ2n) is 6.34. The van der Waals surface area contributed by atoms with Crippen molar-refractivity contribution in [2.45, 2.75) is 24.2 Å². The maximum atomic E-state index is 12.7. The van der Waals surface area contributed by atoms with Gasteiger partial charge in [-0.05, 0) is 49.2 Å². The number of nitrogens with zero attached hydrogens (tertiary/aromatic N) is 2. The first-order chi connectivity index (χ1) is 13.4. The molecule has 1 aliphatic heterocycles. The number of amides is 1. The monoisotopic (exact) mass is 403 g/mol. The molecule has 2 aromatic rings. The van der Waals surface area contributed by atoms with Crippen LogP contribution >= 0.6 is 0 Å². The van der Waals surface area contributed by atoms with Crippen molar-refractivity contribution in [3.8, 4) is 0 Å². The summed E-state index contributed by atoms with van der Waals surface area (Å²) in [7, 11) is -2.29. The highest BCUT2D eigenvalue weighted by atomic mass is 32.2. The lowest BCUT2D eigenvalue weighted by Crippen LogP contribution is -2.35. The molecule has 0 atom stereocenters. The number of hydrogen-bond acceptors (Lipinski definition) is 6. The molecule has 8 nitrogen and oxygen atoms in total. The van der Waals surface area contributed by atoms with E-state index in [1.807, 2.05) is 0 Å². The van der Waals surface area contributed by atoms with Crippen LogP contribution in [-0.2, 0) is 14.8 Å². The van der Waals surface area contributed by atoms with Gasteiger partial charge in [-0.15, -0.1) is 0 Å². The van der Waals surface area contributed by atoms with Crippen LogP contribution in [0.3, 0.4) is 0 Å². The highest BCUT2D eigenvalue weighted by molar-refractivity contribution is 7.89. The lowest BCUT2D eigenvalue weighted by molar-refractivity contribution is 0.0594. The Hall–Kier alpha value is -2.78. The van der Waals surface area contributed by atoms with Gasteiger partial charge < -0.3 is 10.1 Å². The zero-order valence-electron chi connectivity index (χ0n) is 15.4. The average molecular weight is 403 g/mol. The quantitative estimate of drug-likeness (QED) is 0.768. The van der Waals surface area contributed by atoms with Gasteiger partial charge in [-0.3, -0.25) is 4.79 Å². The van der Waals surface area contributed by atoms with Crippen LogP contribution in [0.25, 0.3) is 0 Å². The molecule has 1 aromatic carbocycles. The van der Waals surface area contributed by atoms with Crippen LogP contribution in [0.15, 0.2) is 47.4 Å². The van der Waals surface area contributed by atoms with Gasteiger partial charge >= 0.3 is 5.97 Å². The van der Waals surface area contributed by atoms with Crippen LogP contribution in [0.2, 0.25) is 0 Å². The first-order valence-corrected chi connectivity index (χ1v) is 10.3. The number of piperidine rings is 1. The van der Waals surface area contributed by atoms with Crippen LogP contribution in [0.1, 0.15) is 40.2 Å². The first-order valence-electron chi connectivity index (χ1n) is 8.89. The molecule has 0 bridgehead atoms. The van der Waals surface area contributed by atoms with Crippen molar-refractivity contribution < 1.29 is 22.7 Å². The number of hydrogen-bond donors (Lipinski definition) is 1. The molecule has 2 heterocycles. The van der Waals surface area contributed by atoms with Crippen LogP contribution in [0.5, 0.6) is 0 Å². The van der Waals surface area contributed by atoms with E-state index in [1.165, 1.54) is 53.9 Å². The van der Waals surface area contributed by atoms with E-state index in [0.717, 1.165) is 19.3 Å². The predicted octanol–water partition coefficient (Wildman–Crippen LogP) is 2.30. The van der Waals surface area contributed by atoms with E-state index in [0.29, 0.717) is 18.8 Å². The summed E-state index contributed by atoms with van der Waals surface area (Å²) in [4.78, 5) is 28.0. The molecule has 1 fully saturated rings. The Bertz CT molecular complexity index is 967. The normalized spacial score (nSPS) is 15.0. The lowest BCUT2D eigenvalue weighted by Gasteiger charge is -2.25. The fourth-order valence-corrected chi connectivity index (χ4v) is 4.46. The predicted molar refractivity (Wildman–Crippen MR) is 103 cm³/mol. The van der Waals surface area contributed by atoms with Gasteiger partial charge in [-0.25, -0.2) is 18.2 Å². The molecule has 3 rings (SSSR count). The highest BCUT2D eigenvalue weighted by Gasteiger charge is 2.25. The number of esters is 1. The zero-order chi connectivity index (χ0) is 20.1. The first kappa shape index (κ1) is 20.0. The molecule has 0 aliphatic carbocycles. The summed E-state index contributed by atoms with van der Waals surface area (Å²) in [6.07, 6.45) is 2.78. The Labute approximate surface area is 163 Å². The zero-order valence-corrected chi connectivity index (χ0v) is 16.2. The summed E-state index contributed by atoms with van der Waals surface area (Å²) in [5.41, 5.74) is 0.499. The lowest BCUT2D eigenvalue weighted by atomic mass is 10.2. The minimum Gasteiger partial charge on any atom is -0.464 e. The molecule has 0 spiro atoms. The maximum absolute atomic E-state index is 12.7. The van der Waals surface area contributed by atoms with Gasteiger partial charge in [0.1, 0.15) is 11.4 Å². The molecule has 1 N–H and O–H groups in total. The molecule has 0 radical (unpaired) electrons. The number of aromatic nitrogens is 1. The van der Waals surface area contributed by atoms with Gasteiger partial charge in [-0.2, -0.15) is 4.31 Å². The largest absolute Gasteiger partial charge is 0.464 e. The smallest absolute Gasteiger partial charge is 0.356 e. The van der Waals surface area contributed by atoms with Crippen molar-refractivity contribution in [3.05, 3.63) is 53.9 Å². The Morgan fingerprint density at radius 3 is 2.29 bits per heavy atom. The van der Waals surface area contributed by atoms with Gasteiger partial charge in [0, 0.05) is 18.8 Å². The average Bonchev–Trinajstić information content (AvgIpc) is 2.74. The molecule has 1 amide bonds. The third-order valence-electron chi connectivity index (χ3n) is 4.44. The van der Waals surface area contributed by atoms with Crippen molar-refractivity contribution in [1.29, 1.82) is 0 Å². The van der Waals surface area contributed by atoms with Gasteiger partial charge in [0.15, 0.2) is 0 Å². The van der Waals surface area contributed by atoms with E-state index in [2.05, 4.69) is 15.0 Å². The number of anilines is 1. The Balaban J connectivity index is 1.72. The van der Waals surface area contributed by atoms with Crippen LogP contribution in [0.4, 0.5) is 5.69 Å². The third-order valence-corrected chi connectivity index (χ3v) is 6.35. The molecule has 1 saturated heterocycles. The van der Waals surface area contributed by atoms with E-state index in [4.69, 9.17) is 0 Å². The number of nitrogens with one attached hydrogen (secondary N) is 1. The van der Waals surface area contributed by atoms with Crippen molar-refractivity contribution >= 4 is 27.6 Å². The van der Waals surface area contributed by atoms with E-state index >= 15 is 0 Å². The topological polar surface area (TPSA) is 106 Å². The van der Waals surface area contributed by atoms with Crippen LogP contribution in [-0.4, -0.2) is 49.8 Å². The number of pyridine rings is 1. The second kappa shape index (κ2) is 8.49. The second-order valence-corrected chi connectivity index (χ2v) is 8.28. The number of rotatable bonds is 5. The highest BCUT2D eigenvalue weighted by Crippen LogP contribution is 2.22. The fraction of sp³-hybridized carbons (Fsp3) is 0.316. The molecule has 0 saturated carbocycles. The number of methoxy groups -OCH3 is 1. The van der Waals surface area contributed by atoms with Crippen molar-refractivity contribution in [2.24, 2.45) is 0 Å². The minimum atomic E-state index is -3.52. The van der Waals surface area contributed by atoms with Gasteiger partial charge in [0.25, 0.3) is 5.91 Å². The van der Waals surface area contributed by atoms with Gasteiger partial charge in [0.05, 0.1) is 12.0 Å². The Morgan fingerprint density at radius 2 is 1.64 bits per heavy atom. The third kappa shape index (κ3) is 4.37. The molecular weight excluding hydrogens is 382 g/mol. The van der Waals surface area contributed by atoms with E-state index in [1.54, 1.807) is 0 Å². The standard InChI is InChI=1S/C19H21N3O5S/c1-27-19(24)17-7-5-6-16(21-17)18(23)20-14-8-10-15(11-9-14)28(25,26)22-12-3-2-4-13-22/h5-11H,2-4,12-13H2,1H3,(H,20,23). The summed E-state index contributed by atoms with van der Waals surface area (Å²) in [6.45, 7) is 1.06. The van der Waals surface area contributed by atoms with E-state index in [-0.39, 0.29) is 16.3 Å². The minimum absolute atomic E-state index is 0.0260. The van der Waals surface area contributed by atoms with Crippen molar-refractivity contribution in [2.75, 3.05) is 25.5 Å². The van der Waals surface area contributed by atoms with E-state index < -0.39 is 21.9 Å². The van der Waals surface area contributed by atoms with E-state index in [9.17, 15) is 18.0 Å². The molecule has 9 heteroatoms. The number of ether oxygens (including phenoxy) is 1. The van der Waals surface area contributed by atoms with Gasteiger partial charge in [0.2, 0.25) is 10.0 Å². The number of carbonyl (C=O) groups is 2. The number of benzene rings is 1. The molecule has 148 valence electrons. The number of sulfonamides is 1. The summed E-state index contributed by atoms with van der Waals surface area (Å²) < 4.78 is 31.4. The number of carbonyl (C=O) groups excluding carboxylic acids is 2. The SMILES string of the molecule is COC(=O)c1cccc(C(=O)Nc2ccc(S(=O)(=O)N3CCCCC3)cc2)n1. The summed E-state index contributed by atoms with van der Waals surface area (Å²) in [5.74, 6) is -1.15. The van der Waals surface area contributed by atoms with Crippen molar-refractivity contribution in [1.82, 2.24) is 9.29 Å². The Morgan fingerprint density at radius 1 is 1.00 bits per heavy atom. The fourth-order valence-electron chi connectivity index (χ4n) is 2.94. The summed E-state index contributed by atoms with van der Waals surface area (Å²) in [5, 5.41) is 2.64. The molecule has 1 aliphatic rings. The maximum Gasteiger partial charge on any atom is 0.356 e. The molecular formula is C19H21N3O5S. The molecule has 1 aromatic heterocycles. The Kier molecular flexibility index (Phi) is 6.05. The molecule has 28 heavy (non-hydrogen) atoms. The summed E-state index contributed by atoms with van der Waals surface area (Å²) >= 11 is 0.